The van der Waals surface area contributed by atoms with Gasteiger partial charge in [0.15, 0.2) is 0 Å². The fourth-order valence-electron chi connectivity index (χ4n) is 2.09. The Morgan fingerprint density at radius 1 is 1.29 bits per heavy atom. The average molecular weight is 292 g/mol. The van der Waals surface area contributed by atoms with Crippen LogP contribution in [0.25, 0.3) is 0 Å². The number of rotatable bonds is 9. The second kappa shape index (κ2) is 9.13. The highest BCUT2D eigenvalue weighted by Gasteiger charge is 2.07. The molecule has 0 saturated heterocycles. The summed E-state index contributed by atoms with van der Waals surface area (Å²) in [6.45, 7) is 2.74. The van der Waals surface area contributed by atoms with Gasteiger partial charge in [0.2, 0.25) is 5.91 Å². The van der Waals surface area contributed by atoms with Crippen LogP contribution in [0, 0.1) is 5.92 Å². The zero-order valence-electron chi connectivity index (χ0n) is 12.5. The Morgan fingerprint density at radius 3 is 2.71 bits per heavy atom. The van der Waals surface area contributed by atoms with Crippen LogP contribution in [0.15, 0.2) is 24.3 Å². The van der Waals surface area contributed by atoms with Gasteiger partial charge < -0.3 is 16.2 Å². The zero-order chi connectivity index (χ0) is 15.7. The quantitative estimate of drug-likeness (QED) is 0.651. The van der Waals surface area contributed by atoms with E-state index in [9.17, 15) is 9.59 Å². The van der Waals surface area contributed by atoms with E-state index in [0.29, 0.717) is 25.3 Å². The monoisotopic (exact) mass is 292 g/mol. The summed E-state index contributed by atoms with van der Waals surface area (Å²) >= 11 is 0. The first-order valence-electron chi connectivity index (χ1n) is 7.32. The molecule has 1 aromatic rings. The fourth-order valence-corrected chi connectivity index (χ4v) is 2.09. The molecule has 5 heteroatoms. The summed E-state index contributed by atoms with van der Waals surface area (Å²) < 4.78 is 0. The molecule has 5 nitrogen and oxygen atoms in total. The molecule has 1 unspecified atom stereocenters. The number of nitrogens with two attached hydrogens (primary N) is 1. The van der Waals surface area contributed by atoms with E-state index in [1.165, 1.54) is 0 Å². The number of hydrogen-bond acceptors (Lipinski definition) is 3. The molecule has 1 aromatic carbocycles. The van der Waals surface area contributed by atoms with Crippen molar-refractivity contribution in [1.29, 1.82) is 0 Å². The molecule has 0 aliphatic rings. The Kier molecular flexibility index (Phi) is 7.46. The smallest absolute Gasteiger partial charge is 0.303 e. The van der Waals surface area contributed by atoms with Gasteiger partial charge in [0.25, 0.3) is 0 Å². The number of aryl methyl sites for hydroxylation is 1. The lowest BCUT2D eigenvalue weighted by Gasteiger charge is -2.10. The molecule has 1 amide bonds. The first-order chi connectivity index (χ1) is 10.0. The van der Waals surface area contributed by atoms with E-state index >= 15 is 0 Å². The van der Waals surface area contributed by atoms with Crippen LogP contribution in [-0.2, 0) is 16.0 Å². The van der Waals surface area contributed by atoms with E-state index in [-0.39, 0.29) is 12.3 Å². The third-order valence-corrected chi connectivity index (χ3v) is 3.36. The Hall–Kier alpha value is -1.88. The van der Waals surface area contributed by atoms with E-state index in [2.05, 4.69) is 12.2 Å². The van der Waals surface area contributed by atoms with Crippen LogP contribution < -0.4 is 11.1 Å². The van der Waals surface area contributed by atoms with Crippen LogP contribution in [0.2, 0.25) is 0 Å². The molecule has 0 heterocycles. The molecule has 0 radical (unpaired) electrons. The Labute approximate surface area is 125 Å². The van der Waals surface area contributed by atoms with Gasteiger partial charge in [0.1, 0.15) is 0 Å². The van der Waals surface area contributed by atoms with E-state index in [4.69, 9.17) is 10.8 Å². The summed E-state index contributed by atoms with van der Waals surface area (Å²) in [6, 6.07) is 7.32. The molecule has 1 rings (SSSR count). The largest absolute Gasteiger partial charge is 0.481 e. The second-order valence-corrected chi connectivity index (χ2v) is 5.36. The maximum absolute atomic E-state index is 11.9. The highest BCUT2D eigenvalue weighted by molar-refractivity contribution is 5.90. The highest BCUT2D eigenvalue weighted by atomic mass is 16.4. The van der Waals surface area contributed by atoms with Crippen LogP contribution in [0.1, 0.15) is 38.2 Å². The SMILES string of the molecule is CC(CCN)CCC(=O)Nc1cccc(CCC(=O)O)c1. The summed E-state index contributed by atoms with van der Waals surface area (Å²) in [4.78, 5) is 22.4. The van der Waals surface area contributed by atoms with Gasteiger partial charge in [-0.1, -0.05) is 19.1 Å². The highest BCUT2D eigenvalue weighted by Crippen LogP contribution is 2.14. The van der Waals surface area contributed by atoms with Crippen molar-refractivity contribution in [3.05, 3.63) is 29.8 Å². The molecule has 0 spiro atoms. The van der Waals surface area contributed by atoms with Crippen LogP contribution in [-0.4, -0.2) is 23.5 Å². The summed E-state index contributed by atoms with van der Waals surface area (Å²) in [5, 5.41) is 11.5. The molecule has 4 N–H and O–H groups in total. The molecule has 0 aliphatic heterocycles. The Bertz CT molecular complexity index is 474. The van der Waals surface area contributed by atoms with Gasteiger partial charge in [-0.3, -0.25) is 9.59 Å². The van der Waals surface area contributed by atoms with Crippen molar-refractivity contribution in [3.8, 4) is 0 Å². The number of amides is 1. The van der Waals surface area contributed by atoms with Crippen LogP contribution in [0.5, 0.6) is 0 Å². The number of carboxylic acids is 1. The van der Waals surface area contributed by atoms with Gasteiger partial charge in [-0.15, -0.1) is 0 Å². The number of anilines is 1. The lowest BCUT2D eigenvalue weighted by Crippen LogP contribution is -2.14. The van der Waals surface area contributed by atoms with Gasteiger partial charge in [0.05, 0.1) is 0 Å². The summed E-state index contributed by atoms with van der Waals surface area (Å²) in [6.07, 6.45) is 2.78. The minimum absolute atomic E-state index is 0.0192. The number of hydrogen-bond donors (Lipinski definition) is 3. The minimum atomic E-state index is -0.821. The van der Waals surface area contributed by atoms with Crippen LogP contribution >= 0.6 is 0 Å². The summed E-state index contributed by atoms with van der Waals surface area (Å²) in [7, 11) is 0. The zero-order valence-corrected chi connectivity index (χ0v) is 12.5. The van der Waals surface area contributed by atoms with Crippen molar-refractivity contribution in [1.82, 2.24) is 0 Å². The summed E-state index contributed by atoms with van der Waals surface area (Å²) in [5.74, 6) is -0.393. The number of carbonyl (C=O) groups excluding carboxylic acids is 1. The Balaban J connectivity index is 2.44. The Morgan fingerprint density at radius 2 is 2.05 bits per heavy atom. The third kappa shape index (κ3) is 7.46. The molecular weight excluding hydrogens is 268 g/mol. The fraction of sp³-hybridized carbons (Fsp3) is 0.500. The number of benzene rings is 1. The molecule has 0 fully saturated rings. The van der Waals surface area contributed by atoms with Crippen molar-refractivity contribution in [2.24, 2.45) is 11.7 Å². The number of carbonyl (C=O) groups is 2. The second-order valence-electron chi connectivity index (χ2n) is 5.36. The molecule has 116 valence electrons. The van der Waals surface area contributed by atoms with Crippen LogP contribution in [0.4, 0.5) is 5.69 Å². The number of carboxylic acid groups (broad SMARTS) is 1. The van der Waals surface area contributed by atoms with Gasteiger partial charge in [0, 0.05) is 18.5 Å². The molecule has 21 heavy (non-hydrogen) atoms. The normalized spacial score (nSPS) is 11.9. The minimum Gasteiger partial charge on any atom is -0.481 e. The first kappa shape index (κ1) is 17.2. The molecule has 0 bridgehead atoms. The predicted molar refractivity (Wildman–Crippen MR) is 83.1 cm³/mol. The molecule has 0 aromatic heterocycles. The molecular formula is C16H24N2O3. The topological polar surface area (TPSA) is 92.4 Å². The average Bonchev–Trinajstić information content (AvgIpc) is 2.44. The van der Waals surface area contributed by atoms with Crippen molar-refractivity contribution in [2.75, 3.05) is 11.9 Å². The lowest BCUT2D eigenvalue weighted by atomic mass is 10.0. The van der Waals surface area contributed by atoms with E-state index in [0.717, 1.165) is 24.1 Å². The van der Waals surface area contributed by atoms with Crippen molar-refractivity contribution in [2.45, 2.75) is 39.0 Å². The number of aliphatic carboxylic acids is 1. The van der Waals surface area contributed by atoms with Gasteiger partial charge in [-0.25, -0.2) is 0 Å². The summed E-state index contributed by atoms with van der Waals surface area (Å²) in [5.41, 5.74) is 7.11. The van der Waals surface area contributed by atoms with Crippen molar-refractivity contribution >= 4 is 17.6 Å². The molecule has 0 aliphatic carbocycles. The lowest BCUT2D eigenvalue weighted by molar-refractivity contribution is -0.137. The van der Waals surface area contributed by atoms with Gasteiger partial charge in [-0.2, -0.15) is 0 Å². The van der Waals surface area contributed by atoms with Gasteiger partial charge in [-0.05, 0) is 49.4 Å². The van der Waals surface area contributed by atoms with E-state index in [1.54, 1.807) is 0 Å². The maximum atomic E-state index is 11.9. The van der Waals surface area contributed by atoms with E-state index in [1.807, 2.05) is 24.3 Å². The van der Waals surface area contributed by atoms with Crippen molar-refractivity contribution < 1.29 is 14.7 Å². The first-order valence-corrected chi connectivity index (χ1v) is 7.32. The molecule has 1 atom stereocenters. The van der Waals surface area contributed by atoms with Gasteiger partial charge >= 0.3 is 5.97 Å². The van der Waals surface area contributed by atoms with Crippen LogP contribution in [0.3, 0.4) is 0 Å². The maximum Gasteiger partial charge on any atom is 0.303 e. The van der Waals surface area contributed by atoms with Crippen molar-refractivity contribution in [3.63, 3.8) is 0 Å². The van der Waals surface area contributed by atoms with E-state index < -0.39 is 5.97 Å². The third-order valence-electron chi connectivity index (χ3n) is 3.36. The number of nitrogens with one attached hydrogen (secondary N) is 1. The molecule has 0 saturated carbocycles. The predicted octanol–water partition coefficient (Wildman–Crippen LogP) is 2.41. The standard InChI is InChI=1S/C16H24N2O3/c1-12(9-10-17)5-7-15(19)18-14-4-2-3-13(11-14)6-8-16(20)21/h2-4,11-12H,5-10,17H2,1H3,(H,18,19)(H,20,21).